The van der Waals surface area contributed by atoms with Gasteiger partial charge in [0.2, 0.25) is 0 Å². The lowest BCUT2D eigenvalue weighted by atomic mass is 10.1. The lowest BCUT2D eigenvalue weighted by Gasteiger charge is -2.12. The van der Waals surface area contributed by atoms with Gasteiger partial charge in [-0.15, -0.1) is 0 Å². The second kappa shape index (κ2) is 11.8. The van der Waals surface area contributed by atoms with E-state index in [1.807, 2.05) is 24.3 Å². The molecule has 0 atom stereocenters. The molecule has 2 amide bonds. The first kappa shape index (κ1) is 23.2. The summed E-state index contributed by atoms with van der Waals surface area (Å²) in [6, 6.07) is 14.5. The topological polar surface area (TPSA) is 87.7 Å². The molecule has 2 aromatic carbocycles. The molecule has 2 aromatic rings. The third-order valence-corrected chi connectivity index (χ3v) is 4.29. The monoisotopic (exact) mass is 410 g/mol. The van der Waals surface area contributed by atoms with E-state index in [0.29, 0.717) is 23.8 Å². The molecular formula is C24H30N2O4. The van der Waals surface area contributed by atoms with Crippen LogP contribution in [0.15, 0.2) is 54.2 Å². The van der Waals surface area contributed by atoms with Gasteiger partial charge in [-0.25, -0.2) is 0 Å². The second-order valence-corrected chi connectivity index (χ2v) is 7.32. The summed E-state index contributed by atoms with van der Waals surface area (Å²) in [4.78, 5) is 25.2. The normalized spacial score (nSPS) is 11.3. The standard InChI is InChI=1S/C24H30N2O4/c1-4-18-5-7-19(8-6-18)15-22(24(29)25-13-14-27)26-23(28)20-9-11-21(12-10-20)30-16-17(2)3/h5-12,15,17,27H,4,13-14,16H2,1-3H3,(H,25,29)(H,26,28)/b22-15+. The Morgan fingerprint density at radius 3 is 2.30 bits per heavy atom. The van der Waals surface area contributed by atoms with Crippen LogP contribution in [0.5, 0.6) is 5.75 Å². The molecule has 0 aliphatic heterocycles. The van der Waals surface area contributed by atoms with Gasteiger partial charge in [0.25, 0.3) is 11.8 Å². The van der Waals surface area contributed by atoms with E-state index in [1.54, 1.807) is 30.3 Å². The molecule has 30 heavy (non-hydrogen) atoms. The molecule has 0 bridgehead atoms. The minimum absolute atomic E-state index is 0.0999. The van der Waals surface area contributed by atoms with Crippen molar-refractivity contribution in [3.05, 3.63) is 70.9 Å². The van der Waals surface area contributed by atoms with Crippen molar-refractivity contribution in [1.82, 2.24) is 10.6 Å². The van der Waals surface area contributed by atoms with Crippen LogP contribution in [-0.4, -0.2) is 36.7 Å². The van der Waals surface area contributed by atoms with E-state index in [2.05, 4.69) is 31.4 Å². The van der Waals surface area contributed by atoms with Crippen molar-refractivity contribution >= 4 is 17.9 Å². The molecule has 0 aliphatic rings. The molecule has 6 heteroatoms. The van der Waals surface area contributed by atoms with E-state index >= 15 is 0 Å². The summed E-state index contributed by atoms with van der Waals surface area (Å²) in [5.74, 6) is 0.229. The highest BCUT2D eigenvalue weighted by atomic mass is 16.5. The van der Waals surface area contributed by atoms with Crippen LogP contribution >= 0.6 is 0 Å². The number of aryl methyl sites for hydroxylation is 1. The minimum atomic E-state index is -0.464. The number of hydrogen-bond acceptors (Lipinski definition) is 4. The van der Waals surface area contributed by atoms with Gasteiger partial charge in [0.05, 0.1) is 13.2 Å². The highest BCUT2D eigenvalue weighted by Crippen LogP contribution is 2.14. The Morgan fingerprint density at radius 1 is 1.07 bits per heavy atom. The molecule has 0 saturated carbocycles. The number of hydrogen-bond donors (Lipinski definition) is 3. The molecule has 0 heterocycles. The maximum atomic E-state index is 12.7. The van der Waals surface area contributed by atoms with Crippen LogP contribution < -0.4 is 15.4 Å². The molecule has 0 radical (unpaired) electrons. The molecule has 0 spiro atoms. The summed E-state index contributed by atoms with van der Waals surface area (Å²) in [6.45, 7) is 6.71. The van der Waals surface area contributed by atoms with Gasteiger partial charge in [-0.05, 0) is 53.8 Å². The number of carbonyl (C=O) groups excluding carboxylic acids is 2. The highest BCUT2D eigenvalue weighted by Gasteiger charge is 2.14. The summed E-state index contributed by atoms with van der Waals surface area (Å²) >= 11 is 0. The Morgan fingerprint density at radius 2 is 1.73 bits per heavy atom. The zero-order valence-corrected chi connectivity index (χ0v) is 17.8. The number of nitrogens with one attached hydrogen (secondary N) is 2. The Hall–Kier alpha value is -3.12. The number of aliphatic hydroxyl groups excluding tert-OH is 1. The third kappa shape index (κ3) is 7.37. The van der Waals surface area contributed by atoms with Gasteiger partial charge in [-0.3, -0.25) is 9.59 Å². The zero-order chi connectivity index (χ0) is 21.9. The van der Waals surface area contributed by atoms with Gasteiger partial charge in [0.15, 0.2) is 0 Å². The number of benzene rings is 2. The highest BCUT2D eigenvalue weighted by molar-refractivity contribution is 6.05. The Balaban J connectivity index is 2.16. The van der Waals surface area contributed by atoms with Crippen molar-refractivity contribution in [1.29, 1.82) is 0 Å². The van der Waals surface area contributed by atoms with E-state index in [9.17, 15) is 9.59 Å². The van der Waals surface area contributed by atoms with Crippen LogP contribution in [0.25, 0.3) is 6.08 Å². The van der Waals surface area contributed by atoms with Crippen molar-refractivity contribution in [3.63, 3.8) is 0 Å². The molecule has 160 valence electrons. The number of ether oxygens (including phenoxy) is 1. The van der Waals surface area contributed by atoms with E-state index in [0.717, 1.165) is 12.0 Å². The number of aliphatic hydroxyl groups is 1. The van der Waals surface area contributed by atoms with Crippen molar-refractivity contribution in [2.75, 3.05) is 19.8 Å². The van der Waals surface area contributed by atoms with E-state index in [4.69, 9.17) is 9.84 Å². The summed E-state index contributed by atoms with van der Waals surface area (Å²) in [7, 11) is 0. The maximum absolute atomic E-state index is 12.7. The van der Waals surface area contributed by atoms with Gasteiger partial charge < -0.3 is 20.5 Å². The average Bonchev–Trinajstić information content (AvgIpc) is 2.76. The van der Waals surface area contributed by atoms with Crippen molar-refractivity contribution < 1.29 is 19.4 Å². The molecule has 0 aromatic heterocycles. The predicted octanol–water partition coefficient (Wildman–Crippen LogP) is 3.16. The number of rotatable bonds is 10. The van der Waals surface area contributed by atoms with Gasteiger partial charge in [-0.2, -0.15) is 0 Å². The summed E-state index contributed by atoms with van der Waals surface area (Å²) in [5.41, 5.74) is 2.49. The van der Waals surface area contributed by atoms with Gasteiger partial charge in [0.1, 0.15) is 11.4 Å². The van der Waals surface area contributed by atoms with Gasteiger partial charge >= 0.3 is 0 Å². The summed E-state index contributed by atoms with van der Waals surface area (Å²) in [5, 5.41) is 14.2. The molecule has 0 fully saturated rings. The van der Waals surface area contributed by atoms with Crippen molar-refractivity contribution in [3.8, 4) is 5.75 Å². The molecule has 0 unspecified atom stereocenters. The van der Waals surface area contributed by atoms with Crippen LogP contribution in [-0.2, 0) is 11.2 Å². The molecule has 6 nitrogen and oxygen atoms in total. The lowest BCUT2D eigenvalue weighted by Crippen LogP contribution is -2.36. The smallest absolute Gasteiger partial charge is 0.267 e. The zero-order valence-electron chi connectivity index (χ0n) is 17.8. The maximum Gasteiger partial charge on any atom is 0.267 e. The van der Waals surface area contributed by atoms with Crippen LogP contribution in [0.1, 0.15) is 42.3 Å². The average molecular weight is 411 g/mol. The van der Waals surface area contributed by atoms with E-state index in [1.165, 1.54) is 5.56 Å². The Labute approximate surface area is 178 Å². The van der Waals surface area contributed by atoms with Gasteiger partial charge in [-0.1, -0.05) is 45.0 Å². The number of amides is 2. The molecule has 2 rings (SSSR count). The first-order valence-corrected chi connectivity index (χ1v) is 10.2. The SMILES string of the molecule is CCc1ccc(/C=C(/NC(=O)c2ccc(OCC(C)C)cc2)C(=O)NCCO)cc1. The van der Waals surface area contributed by atoms with Crippen LogP contribution in [0.2, 0.25) is 0 Å². The van der Waals surface area contributed by atoms with Gasteiger partial charge in [0, 0.05) is 12.1 Å². The molecule has 3 N–H and O–H groups in total. The Kier molecular flexibility index (Phi) is 9.09. The van der Waals surface area contributed by atoms with E-state index < -0.39 is 11.8 Å². The predicted molar refractivity (Wildman–Crippen MR) is 118 cm³/mol. The van der Waals surface area contributed by atoms with E-state index in [-0.39, 0.29) is 18.8 Å². The fourth-order valence-corrected chi connectivity index (χ4v) is 2.60. The quantitative estimate of drug-likeness (QED) is 0.525. The first-order chi connectivity index (χ1) is 14.4. The van der Waals surface area contributed by atoms with Crippen LogP contribution in [0.4, 0.5) is 0 Å². The largest absolute Gasteiger partial charge is 0.493 e. The first-order valence-electron chi connectivity index (χ1n) is 10.2. The number of carbonyl (C=O) groups is 2. The fraction of sp³-hybridized carbons (Fsp3) is 0.333. The van der Waals surface area contributed by atoms with Crippen LogP contribution in [0.3, 0.4) is 0 Å². The van der Waals surface area contributed by atoms with Crippen molar-refractivity contribution in [2.45, 2.75) is 27.2 Å². The lowest BCUT2D eigenvalue weighted by molar-refractivity contribution is -0.117. The minimum Gasteiger partial charge on any atom is -0.493 e. The Bertz CT molecular complexity index is 856. The fourth-order valence-electron chi connectivity index (χ4n) is 2.60. The molecule has 0 saturated heterocycles. The molecule has 0 aliphatic carbocycles. The second-order valence-electron chi connectivity index (χ2n) is 7.32. The summed E-state index contributed by atoms with van der Waals surface area (Å²) in [6.07, 6.45) is 2.53. The summed E-state index contributed by atoms with van der Waals surface area (Å²) < 4.78 is 5.63. The molecular weight excluding hydrogens is 380 g/mol. The van der Waals surface area contributed by atoms with Crippen LogP contribution in [0, 0.1) is 5.92 Å². The van der Waals surface area contributed by atoms with Crippen molar-refractivity contribution in [2.24, 2.45) is 5.92 Å². The third-order valence-electron chi connectivity index (χ3n) is 4.29.